The van der Waals surface area contributed by atoms with E-state index in [2.05, 4.69) is 33.2 Å². The van der Waals surface area contributed by atoms with Crippen molar-refractivity contribution in [2.75, 3.05) is 24.5 Å². The number of oxazole rings is 1. The van der Waals surface area contributed by atoms with Gasteiger partial charge in [-0.15, -0.1) is 0 Å². The van der Waals surface area contributed by atoms with Crippen molar-refractivity contribution in [1.82, 2.24) is 15.3 Å². The number of halogens is 1. The van der Waals surface area contributed by atoms with E-state index in [4.69, 9.17) is 16.0 Å². The van der Waals surface area contributed by atoms with Gasteiger partial charge in [0.25, 0.3) is 6.01 Å². The van der Waals surface area contributed by atoms with E-state index < -0.39 is 0 Å². The molecule has 1 aliphatic rings. The minimum absolute atomic E-state index is 0.283. The second kappa shape index (κ2) is 6.36. The van der Waals surface area contributed by atoms with Crippen molar-refractivity contribution in [1.29, 1.82) is 5.26 Å². The Hall–Kier alpha value is -2.62. The lowest BCUT2D eigenvalue weighted by Gasteiger charge is -2.32. The summed E-state index contributed by atoms with van der Waals surface area (Å²) in [6.45, 7) is 4.71. The number of rotatable bonds is 2. The predicted octanol–water partition coefficient (Wildman–Crippen LogP) is 3.21. The van der Waals surface area contributed by atoms with Gasteiger partial charge in [0.15, 0.2) is 5.58 Å². The van der Waals surface area contributed by atoms with Crippen LogP contribution in [-0.2, 0) is 0 Å². The number of aromatic nitrogens is 2. The molecular weight excluding hydrogens is 338 g/mol. The summed E-state index contributed by atoms with van der Waals surface area (Å²) < 4.78 is 6.10. The van der Waals surface area contributed by atoms with Crippen LogP contribution in [-0.4, -0.2) is 35.6 Å². The molecule has 0 spiro atoms. The second-order valence-electron chi connectivity index (χ2n) is 6.06. The molecule has 7 heteroatoms. The summed E-state index contributed by atoms with van der Waals surface area (Å²) in [5.41, 5.74) is 2.97. The Bertz CT molecular complexity index is 977. The van der Waals surface area contributed by atoms with Crippen LogP contribution in [0, 0.1) is 11.3 Å². The van der Waals surface area contributed by atoms with E-state index in [0.29, 0.717) is 39.0 Å². The topological polar surface area (TPSA) is 78.0 Å². The molecule has 4 rings (SSSR count). The van der Waals surface area contributed by atoms with Crippen LogP contribution in [0.25, 0.3) is 22.4 Å². The van der Waals surface area contributed by atoms with Crippen LogP contribution >= 0.6 is 11.6 Å². The fraction of sp³-hybridized carbons (Fsp3) is 0.278. The Labute approximate surface area is 150 Å². The van der Waals surface area contributed by atoms with Gasteiger partial charge in [0.2, 0.25) is 0 Å². The number of nitriles is 1. The van der Waals surface area contributed by atoms with Crippen LogP contribution in [0.5, 0.6) is 0 Å². The lowest BCUT2D eigenvalue weighted by molar-refractivity contribution is 0.456. The molecule has 0 bridgehead atoms. The summed E-state index contributed by atoms with van der Waals surface area (Å²) in [7, 11) is 0. The molecule has 0 radical (unpaired) electrons. The molecule has 3 heterocycles. The Morgan fingerprint density at radius 1 is 1.44 bits per heavy atom. The van der Waals surface area contributed by atoms with Gasteiger partial charge in [-0.2, -0.15) is 10.2 Å². The van der Waals surface area contributed by atoms with Gasteiger partial charge in [0, 0.05) is 42.5 Å². The van der Waals surface area contributed by atoms with Crippen molar-refractivity contribution < 1.29 is 4.42 Å². The number of pyridine rings is 1. The van der Waals surface area contributed by atoms with E-state index in [0.717, 1.165) is 19.6 Å². The molecule has 1 aliphatic heterocycles. The Balaban J connectivity index is 1.89. The van der Waals surface area contributed by atoms with E-state index in [1.54, 1.807) is 30.5 Å². The first kappa shape index (κ1) is 15.9. The number of anilines is 1. The first-order valence-corrected chi connectivity index (χ1v) is 8.48. The van der Waals surface area contributed by atoms with Gasteiger partial charge in [0.05, 0.1) is 11.3 Å². The van der Waals surface area contributed by atoms with E-state index >= 15 is 0 Å². The van der Waals surface area contributed by atoms with Crippen molar-refractivity contribution in [3.63, 3.8) is 0 Å². The molecule has 1 N–H and O–H groups in total. The number of hydrogen-bond acceptors (Lipinski definition) is 6. The summed E-state index contributed by atoms with van der Waals surface area (Å²) in [5.74, 6) is 0. The van der Waals surface area contributed by atoms with Gasteiger partial charge in [0.1, 0.15) is 11.6 Å². The zero-order chi connectivity index (χ0) is 17.4. The van der Waals surface area contributed by atoms with Crippen LogP contribution in [0.3, 0.4) is 0 Å². The van der Waals surface area contributed by atoms with Crippen LogP contribution in [0.1, 0.15) is 12.5 Å². The summed E-state index contributed by atoms with van der Waals surface area (Å²) in [6, 6.07) is 10.0. The van der Waals surface area contributed by atoms with Gasteiger partial charge >= 0.3 is 0 Å². The lowest BCUT2D eigenvalue weighted by Crippen LogP contribution is -2.50. The Morgan fingerprint density at radius 3 is 3.12 bits per heavy atom. The summed E-state index contributed by atoms with van der Waals surface area (Å²) in [5, 5.41) is 13.3. The number of hydrogen-bond donors (Lipinski definition) is 1. The fourth-order valence-electron chi connectivity index (χ4n) is 3.12. The van der Waals surface area contributed by atoms with Crippen LogP contribution < -0.4 is 10.2 Å². The first-order valence-electron chi connectivity index (χ1n) is 8.10. The molecule has 6 nitrogen and oxygen atoms in total. The van der Waals surface area contributed by atoms with E-state index in [9.17, 15) is 5.26 Å². The zero-order valence-corrected chi connectivity index (χ0v) is 14.4. The average Bonchev–Trinajstić information content (AvgIpc) is 3.05. The molecule has 3 aromatic rings. The van der Waals surface area contributed by atoms with Gasteiger partial charge in [-0.05, 0) is 31.2 Å². The minimum atomic E-state index is 0.283. The summed E-state index contributed by atoms with van der Waals surface area (Å²) in [6.07, 6.45) is 1.65. The smallest absolute Gasteiger partial charge is 0.298 e. The fourth-order valence-corrected chi connectivity index (χ4v) is 3.33. The molecular formula is C18H16ClN5O. The maximum Gasteiger partial charge on any atom is 0.298 e. The van der Waals surface area contributed by atoms with Crippen LogP contribution in [0.15, 0.2) is 34.9 Å². The maximum absolute atomic E-state index is 9.38. The predicted molar refractivity (Wildman–Crippen MR) is 96.6 cm³/mol. The van der Waals surface area contributed by atoms with E-state index in [-0.39, 0.29) is 6.04 Å². The third-order valence-corrected chi connectivity index (χ3v) is 4.59. The monoisotopic (exact) mass is 353 g/mol. The second-order valence-corrected chi connectivity index (χ2v) is 6.49. The first-order chi connectivity index (χ1) is 12.2. The number of nitrogens with one attached hydrogen (secondary N) is 1. The molecule has 0 aliphatic carbocycles. The highest BCUT2D eigenvalue weighted by Gasteiger charge is 2.24. The van der Waals surface area contributed by atoms with Gasteiger partial charge in [-0.1, -0.05) is 11.6 Å². The van der Waals surface area contributed by atoms with Gasteiger partial charge < -0.3 is 14.6 Å². The Kier molecular flexibility index (Phi) is 4.04. The van der Waals surface area contributed by atoms with Crippen LogP contribution in [0.4, 0.5) is 6.01 Å². The molecule has 2 aromatic heterocycles. The van der Waals surface area contributed by atoms with Crippen molar-refractivity contribution in [3.8, 4) is 17.3 Å². The van der Waals surface area contributed by atoms with Crippen molar-refractivity contribution in [3.05, 3.63) is 41.0 Å². The van der Waals surface area contributed by atoms with Crippen molar-refractivity contribution in [2.24, 2.45) is 0 Å². The molecule has 25 heavy (non-hydrogen) atoms. The number of nitrogens with zero attached hydrogens (tertiary/aromatic N) is 4. The third-order valence-electron chi connectivity index (χ3n) is 4.37. The molecule has 1 fully saturated rings. The number of benzene rings is 1. The number of fused-ring (bicyclic) bond motifs is 1. The highest BCUT2D eigenvalue weighted by Crippen LogP contribution is 2.35. The highest BCUT2D eigenvalue weighted by atomic mass is 35.5. The molecule has 0 saturated carbocycles. The standard InChI is InChI=1S/C18H16ClN5O/c1-11-10-21-5-6-24(11)18-23-15-8-13(19)7-14(17(15)25-18)16-12(9-20)3-2-4-22-16/h2-4,7-8,11,21H,5-6,10H2,1H3. The molecule has 1 saturated heterocycles. The van der Waals surface area contributed by atoms with E-state index in [1.807, 2.05) is 0 Å². The number of piperazine rings is 1. The normalized spacial score (nSPS) is 17.6. The van der Waals surface area contributed by atoms with Crippen molar-refractivity contribution in [2.45, 2.75) is 13.0 Å². The molecule has 1 unspecified atom stereocenters. The SMILES string of the molecule is CC1CNCCN1c1nc2cc(Cl)cc(-c3ncccc3C#N)c2o1. The third kappa shape index (κ3) is 2.82. The van der Waals surface area contributed by atoms with Gasteiger partial charge in [-0.25, -0.2) is 0 Å². The highest BCUT2D eigenvalue weighted by molar-refractivity contribution is 6.31. The Morgan fingerprint density at radius 2 is 2.32 bits per heavy atom. The molecule has 1 aromatic carbocycles. The summed E-state index contributed by atoms with van der Waals surface area (Å²) >= 11 is 6.28. The van der Waals surface area contributed by atoms with Crippen molar-refractivity contribution >= 4 is 28.7 Å². The lowest BCUT2D eigenvalue weighted by atomic mass is 10.1. The molecule has 1 atom stereocenters. The molecule has 126 valence electrons. The summed E-state index contributed by atoms with van der Waals surface area (Å²) in [4.78, 5) is 11.1. The van der Waals surface area contributed by atoms with Crippen LogP contribution in [0.2, 0.25) is 5.02 Å². The van der Waals surface area contributed by atoms with Gasteiger partial charge in [-0.3, -0.25) is 4.98 Å². The average molecular weight is 354 g/mol. The quantitative estimate of drug-likeness (QED) is 0.762. The maximum atomic E-state index is 9.38. The zero-order valence-electron chi connectivity index (χ0n) is 13.7. The minimum Gasteiger partial charge on any atom is -0.423 e. The van der Waals surface area contributed by atoms with E-state index in [1.165, 1.54) is 0 Å². The largest absolute Gasteiger partial charge is 0.423 e. The molecule has 0 amide bonds.